The number of rotatable bonds is 6. The second kappa shape index (κ2) is 7.58. The number of carbonyl (C=O) groups is 2. The Kier molecular flexibility index (Phi) is 5.51. The molecule has 0 aliphatic rings. The van der Waals surface area contributed by atoms with Gasteiger partial charge in [0.2, 0.25) is 11.8 Å². The van der Waals surface area contributed by atoms with E-state index in [4.69, 9.17) is 0 Å². The van der Waals surface area contributed by atoms with Crippen molar-refractivity contribution in [2.75, 3.05) is 6.54 Å². The van der Waals surface area contributed by atoms with E-state index in [-0.39, 0.29) is 36.5 Å². The van der Waals surface area contributed by atoms with Crippen molar-refractivity contribution in [3.05, 3.63) is 46.9 Å². The Hall–Kier alpha value is -2.63. The normalized spacial score (nSPS) is 11.9. The standard InChI is InChI=1S/C17H21N3O3/c1-3-12(2)19-15(21)10-18-16(22)11-20-9-8-13-6-4-5-7-14(13)17(20)23/h4-9,12H,3,10-11H2,1-2H3,(H,18,22)(H,19,21). The van der Waals surface area contributed by atoms with Crippen LogP contribution in [-0.4, -0.2) is 29.0 Å². The molecule has 1 unspecified atom stereocenters. The minimum Gasteiger partial charge on any atom is -0.352 e. The Morgan fingerprint density at radius 2 is 1.91 bits per heavy atom. The molecule has 1 aromatic carbocycles. The lowest BCUT2D eigenvalue weighted by Crippen LogP contribution is -2.42. The van der Waals surface area contributed by atoms with E-state index in [1.165, 1.54) is 4.57 Å². The van der Waals surface area contributed by atoms with Gasteiger partial charge in [-0.3, -0.25) is 14.4 Å². The highest BCUT2D eigenvalue weighted by atomic mass is 16.2. The van der Waals surface area contributed by atoms with Gasteiger partial charge in [0.1, 0.15) is 6.54 Å². The van der Waals surface area contributed by atoms with Crippen molar-refractivity contribution in [3.8, 4) is 0 Å². The van der Waals surface area contributed by atoms with Crippen LogP contribution in [0.25, 0.3) is 10.8 Å². The molecule has 2 rings (SSSR count). The van der Waals surface area contributed by atoms with Crippen molar-refractivity contribution in [3.63, 3.8) is 0 Å². The van der Waals surface area contributed by atoms with Gasteiger partial charge in [0.15, 0.2) is 0 Å². The Morgan fingerprint density at radius 3 is 2.65 bits per heavy atom. The number of amides is 2. The monoisotopic (exact) mass is 315 g/mol. The quantitative estimate of drug-likeness (QED) is 0.835. The van der Waals surface area contributed by atoms with E-state index in [1.54, 1.807) is 24.4 Å². The molecule has 0 saturated heterocycles. The van der Waals surface area contributed by atoms with E-state index in [0.717, 1.165) is 11.8 Å². The number of carbonyl (C=O) groups excluding carboxylic acids is 2. The van der Waals surface area contributed by atoms with E-state index in [1.807, 2.05) is 26.0 Å². The largest absolute Gasteiger partial charge is 0.352 e. The summed E-state index contributed by atoms with van der Waals surface area (Å²) in [6, 6.07) is 9.08. The van der Waals surface area contributed by atoms with Crippen LogP contribution in [0.1, 0.15) is 20.3 Å². The number of nitrogens with one attached hydrogen (secondary N) is 2. The fraction of sp³-hybridized carbons (Fsp3) is 0.353. The van der Waals surface area contributed by atoms with Gasteiger partial charge in [-0.15, -0.1) is 0 Å². The van der Waals surface area contributed by atoms with Crippen molar-refractivity contribution < 1.29 is 9.59 Å². The zero-order chi connectivity index (χ0) is 16.8. The van der Waals surface area contributed by atoms with Gasteiger partial charge in [0, 0.05) is 17.6 Å². The molecule has 23 heavy (non-hydrogen) atoms. The van der Waals surface area contributed by atoms with Gasteiger partial charge in [-0.05, 0) is 30.9 Å². The van der Waals surface area contributed by atoms with Crippen LogP contribution >= 0.6 is 0 Å². The fourth-order valence-electron chi connectivity index (χ4n) is 2.17. The van der Waals surface area contributed by atoms with Crippen molar-refractivity contribution in [2.45, 2.75) is 32.9 Å². The molecule has 0 aliphatic heterocycles. The van der Waals surface area contributed by atoms with E-state index >= 15 is 0 Å². The minimum absolute atomic E-state index is 0.0718. The lowest BCUT2D eigenvalue weighted by Gasteiger charge is -2.12. The van der Waals surface area contributed by atoms with Crippen molar-refractivity contribution in [1.29, 1.82) is 0 Å². The van der Waals surface area contributed by atoms with Crippen LogP contribution in [0.15, 0.2) is 41.3 Å². The second-order valence-electron chi connectivity index (χ2n) is 5.49. The summed E-state index contributed by atoms with van der Waals surface area (Å²) in [5.41, 5.74) is -0.220. The van der Waals surface area contributed by atoms with Gasteiger partial charge in [-0.2, -0.15) is 0 Å². The predicted molar refractivity (Wildman–Crippen MR) is 89.1 cm³/mol. The molecule has 6 nitrogen and oxygen atoms in total. The van der Waals surface area contributed by atoms with Crippen LogP contribution in [0, 0.1) is 0 Å². The van der Waals surface area contributed by atoms with Crippen LogP contribution < -0.4 is 16.2 Å². The molecule has 0 radical (unpaired) electrons. The molecule has 0 bridgehead atoms. The van der Waals surface area contributed by atoms with Crippen LogP contribution in [0.5, 0.6) is 0 Å². The van der Waals surface area contributed by atoms with Crippen LogP contribution in [-0.2, 0) is 16.1 Å². The summed E-state index contributed by atoms with van der Waals surface area (Å²) in [5.74, 6) is -0.611. The van der Waals surface area contributed by atoms with E-state index < -0.39 is 0 Å². The van der Waals surface area contributed by atoms with Gasteiger partial charge in [-0.1, -0.05) is 25.1 Å². The summed E-state index contributed by atoms with van der Waals surface area (Å²) in [4.78, 5) is 35.8. The number of fused-ring (bicyclic) bond motifs is 1. The first kappa shape index (κ1) is 16.7. The zero-order valence-electron chi connectivity index (χ0n) is 13.3. The molecule has 122 valence electrons. The zero-order valence-corrected chi connectivity index (χ0v) is 13.3. The first-order valence-corrected chi connectivity index (χ1v) is 7.65. The van der Waals surface area contributed by atoms with Gasteiger partial charge in [0.25, 0.3) is 5.56 Å². The summed E-state index contributed by atoms with van der Waals surface area (Å²) < 4.78 is 1.34. The highest BCUT2D eigenvalue weighted by Crippen LogP contribution is 2.07. The average Bonchev–Trinajstić information content (AvgIpc) is 2.55. The molecule has 1 atom stereocenters. The van der Waals surface area contributed by atoms with Crippen molar-refractivity contribution in [1.82, 2.24) is 15.2 Å². The summed E-state index contributed by atoms with van der Waals surface area (Å²) in [6.07, 6.45) is 2.41. The third-order valence-corrected chi connectivity index (χ3v) is 3.67. The maximum Gasteiger partial charge on any atom is 0.258 e. The summed E-state index contributed by atoms with van der Waals surface area (Å²) >= 11 is 0. The predicted octanol–water partition coefficient (Wildman–Crippen LogP) is 1.03. The fourth-order valence-corrected chi connectivity index (χ4v) is 2.17. The minimum atomic E-state index is -0.373. The molecule has 1 aromatic heterocycles. The van der Waals surface area contributed by atoms with Crippen molar-refractivity contribution in [2.24, 2.45) is 0 Å². The smallest absolute Gasteiger partial charge is 0.258 e. The summed E-state index contributed by atoms with van der Waals surface area (Å²) in [5, 5.41) is 6.69. The summed E-state index contributed by atoms with van der Waals surface area (Å²) in [7, 11) is 0. The Bertz CT molecular complexity index is 767. The molecular weight excluding hydrogens is 294 g/mol. The number of hydrogen-bond donors (Lipinski definition) is 2. The first-order valence-electron chi connectivity index (χ1n) is 7.65. The maximum atomic E-state index is 12.3. The first-order chi connectivity index (χ1) is 11.0. The highest BCUT2D eigenvalue weighted by Gasteiger charge is 2.10. The molecule has 0 saturated carbocycles. The van der Waals surface area contributed by atoms with Crippen molar-refractivity contribution >= 4 is 22.6 Å². The summed E-state index contributed by atoms with van der Waals surface area (Å²) in [6.45, 7) is 3.66. The Labute approximate surface area is 134 Å². The number of pyridine rings is 1. The topological polar surface area (TPSA) is 80.2 Å². The van der Waals surface area contributed by atoms with E-state index in [0.29, 0.717) is 5.39 Å². The van der Waals surface area contributed by atoms with Crippen LogP contribution in [0.3, 0.4) is 0 Å². The van der Waals surface area contributed by atoms with Gasteiger partial charge in [0.05, 0.1) is 6.54 Å². The molecule has 6 heteroatoms. The average molecular weight is 315 g/mol. The SMILES string of the molecule is CCC(C)NC(=O)CNC(=O)Cn1ccc2ccccc2c1=O. The molecule has 2 N–H and O–H groups in total. The molecule has 0 spiro atoms. The van der Waals surface area contributed by atoms with Crippen LogP contribution in [0.4, 0.5) is 0 Å². The molecule has 0 aliphatic carbocycles. The second-order valence-corrected chi connectivity index (χ2v) is 5.49. The van der Waals surface area contributed by atoms with Gasteiger partial charge in [-0.25, -0.2) is 0 Å². The van der Waals surface area contributed by atoms with E-state index in [9.17, 15) is 14.4 Å². The number of aromatic nitrogens is 1. The van der Waals surface area contributed by atoms with Gasteiger partial charge < -0.3 is 15.2 Å². The molecule has 1 heterocycles. The number of hydrogen-bond acceptors (Lipinski definition) is 3. The maximum absolute atomic E-state index is 12.3. The van der Waals surface area contributed by atoms with Crippen LogP contribution in [0.2, 0.25) is 0 Å². The lowest BCUT2D eigenvalue weighted by atomic mass is 10.2. The molecule has 0 fully saturated rings. The Morgan fingerprint density at radius 1 is 1.17 bits per heavy atom. The molecule has 2 amide bonds. The molecular formula is C17H21N3O3. The number of benzene rings is 1. The van der Waals surface area contributed by atoms with E-state index in [2.05, 4.69) is 10.6 Å². The molecule has 2 aromatic rings. The Balaban J connectivity index is 1.97. The van der Waals surface area contributed by atoms with Gasteiger partial charge >= 0.3 is 0 Å². The third kappa shape index (κ3) is 4.42. The third-order valence-electron chi connectivity index (χ3n) is 3.67. The highest BCUT2D eigenvalue weighted by molar-refractivity contribution is 5.85. The number of nitrogens with zero attached hydrogens (tertiary/aromatic N) is 1. The lowest BCUT2D eigenvalue weighted by molar-refractivity contribution is -0.126.